The van der Waals surface area contributed by atoms with Crippen LogP contribution in [0.3, 0.4) is 0 Å². The number of rotatable bonds is 5. The van der Waals surface area contributed by atoms with Gasteiger partial charge in [0.1, 0.15) is 5.69 Å². The number of hydrogen-bond donors (Lipinski definition) is 1. The van der Waals surface area contributed by atoms with Crippen LogP contribution in [0.1, 0.15) is 19.8 Å². The highest BCUT2D eigenvalue weighted by molar-refractivity contribution is 7.16. The van der Waals surface area contributed by atoms with Gasteiger partial charge in [0.25, 0.3) is 0 Å². The van der Waals surface area contributed by atoms with Gasteiger partial charge in [-0.05, 0) is 25.0 Å². The molecule has 1 fully saturated rings. The molecule has 21 heavy (non-hydrogen) atoms. The van der Waals surface area contributed by atoms with Crippen LogP contribution in [0.15, 0.2) is 17.6 Å². The topological polar surface area (TPSA) is 77.3 Å². The summed E-state index contributed by atoms with van der Waals surface area (Å²) in [5.74, 6) is 0.403. The number of aromatic nitrogens is 1. The SMILES string of the molecule is CCC1OCCC1CNc1ccc2scnc2c1[N+](=O)[O-]. The second kappa shape index (κ2) is 5.95. The number of nitrogens with one attached hydrogen (secondary N) is 1. The van der Waals surface area contributed by atoms with Gasteiger partial charge >= 0.3 is 5.69 Å². The lowest BCUT2D eigenvalue weighted by atomic mass is 9.99. The van der Waals surface area contributed by atoms with Crippen LogP contribution in [0.4, 0.5) is 11.4 Å². The summed E-state index contributed by atoms with van der Waals surface area (Å²) < 4.78 is 6.49. The van der Waals surface area contributed by atoms with E-state index in [1.807, 2.05) is 6.07 Å². The lowest BCUT2D eigenvalue weighted by Crippen LogP contribution is -2.23. The van der Waals surface area contributed by atoms with Gasteiger partial charge in [0.15, 0.2) is 5.52 Å². The van der Waals surface area contributed by atoms with E-state index in [4.69, 9.17) is 4.74 Å². The molecule has 1 aromatic heterocycles. The third-order valence-electron chi connectivity index (χ3n) is 3.96. The number of thiazole rings is 1. The van der Waals surface area contributed by atoms with E-state index in [9.17, 15) is 10.1 Å². The summed E-state index contributed by atoms with van der Waals surface area (Å²) in [5, 5.41) is 14.6. The van der Waals surface area contributed by atoms with Crippen molar-refractivity contribution in [2.75, 3.05) is 18.5 Å². The molecule has 2 heterocycles. The molecule has 1 aliphatic rings. The number of nitrogens with zero attached hydrogens (tertiary/aromatic N) is 2. The van der Waals surface area contributed by atoms with E-state index in [1.54, 1.807) is 11.6 Å². The lowest BCUT2D eigenvalue weighted by molar-refractivity contribution is -0.382. The summed E-state index contributed by atoms with van der Waals surface area (Å²) in [6, 6.07) is 3.65. The predicted molar refractivity (Wildman–Crippen MR) is 82.9 cm³/mol. The molecule has 1 aliphatic heterocycles. The first-order valence-electron chi connectivity index (χ1n) is 7.06. The highest BCUT2D eigenvalue weighted by atomic mass is 32.1. The summed E-state index contributed by atoms with van der Waals surface area (Å²) in [5.41, 5.74) is 2.71. The molecule has 0 saturated carbocycles. The average Bonchev–Trinajstić information content (AvgIpc) is 3.12. The molecule has 112 valence electrons. The molecule has 0 aliphatic carbocycles. The van der Waals surface area contributed by atoms with Crippen molar-refractivity contribution < 1.29 is 9.66 Å². The lowest BCUT2D eigenvalue weighted by Gasteiger charge is -2.17. The number of benzene rings is 1. The normalized spacial score (nSPS) is 21.8. The van der Waals surface area contributed by atoms with E-state index in [0.29, 0.717) is 23.7 Å². The minimum Gasteiger partial charge on any atom is -0.379 e. The van der Waals surface area contributed by atoms with Crippen molar-refractivity contribution in [3.05, 3.63) is 27.8 Å². The fourth-order valence-electron chi connectivity index (χ4n) is 2.86. The highest BCUT2D eigenvalue weighted by Gasteiger charge is 2.28. The monoisotopic (exact) mass is 307 g/mol. The summed E-state index contributed by atoms with van der Waals surface area (Å²) in [6.45, 7) is 3.57. The minimum atomic E-state index is -0.354. The Kier molecular flexibility index (Phi) is 4.03. The summed E-state index contributed by atoms with van der Waals surface area (Å²) in [4.78, 5) is 15.1. The predicted octanol–water partition coefficient (Wildman–Crippen LogP) is 3.43. The Morgan fingerprint density at radius 1 is 1.57 bits per heavy atom. The molecule has 0 spiro atoms. The summed E-state index contributed by atoms with van der Waals surface area (Å²) >= 11 is 1.41. The molecular formula is C14H17N3O3S. The fourth-order valence-corrected chi connectivity index (χ4v) is 3.54. The molecule has 2 atom stereocenters. The summed E-state index contributed by atoms with van der Waals surface area (Å²) in [6.07, 6.45) is 2.22. The average molecular weight is 307 g/mol. The summed E-state index contributed by atoms with van der Waals surface area (Å²) in [7, 11) is 0. The molecule has 1 aromatic carbocycles. The van der Waals surface area contributed by atoms with Crippen LogP contribution in [0.5, 0.6) is 0 Å². The number of fused-ring (bicyclic) bond motifs is 1. The van der Waals surface area contributed by atoms with E-state index >= 15 is 0 Å². The number of anilines is 1. The first kappa shape index (κ1) is 14.2. The van der Waals surface area contributed by atoms with Gasteiger partial charge in [0.2, 0.25) is 0 Å². The second-order valence-corrected chi connectivity index (χ2v) is 6.05. The first-order chi connectivity index (χ1) is 10.2. The maximum atomic E-state index is 11.4. The van der Waals surface area contributed by atoms with Crippen LogP contribution in [0, 0.1) is 16.0 Å². The third kappa shape index (κ3) is 2.71. The number of hydrogen-bond acceptors (Lipinski definition) is 6. The van der Waals surface area contributed by atoms with E-state index in [-0.39, 0.29) is 16.7 Å². The largest absolute Gasteiger partial charge is 0.379 e. The smallest absolute Gasteiger partial charge is 0.319 e. The van der Waals surface area contributed by atoms with Crippen molar-refractivity contribution in [1.29, 1.82) is 0 Å². The van der Waals surface area contributed by atoms with Crippen LogP contribution < -0.4 is 5.32 Å². The van der Waals surface area contributed by atoms with Crippen LogP contribution in [0.25, 0.3) is 10.2 Å². The van der Waals surface area contributed by atoms with Crippen LogP contribution in [0.2, 0.25) is 0 Å². The van der Waals surface area contributed by atoms with Gasteiger partial charge in [-0.1, -0.05) is 6.92 Å². The Hall–Kier alpha value is -1.73. The first-order valence-corrected chi connectivity index (χ1v) is 7.94. The third-order valence-corrected chi connectivity index (χ3v) is 4.76. The number of ether oxygens (including phenoxy) is 1. The van der Waals surface area contributed by atoms with Crippen molar-refractivity contribution in [1.82, 2.24) is 4.98 Å². The molecule has 0 amide bonds. The van der Waals surface area contributed by atoms with Crippen LogP contribution in [-0.2, 0) is 4.74 Å². The zero-order valence-electron chi connectivity index (χ0n) is 11.7. The molecule has 3 rings (SSSR count). The molecule has 7 heteroatoms. The van der Waals surface area contributed by atoms with E-state index in [2.05, 4.69) is 17.2 Å². The van der Waals surface area contributed by atoms with Crippen molar-refractivity contribution in [3.63, 3.8) is 0 Å². The Morgan fingerprint density at radius 3 is 3.19 bits per heavy atom. The number of nitro groups is 1. The van der Waals surface area contributed by atoms with E-state index < -0.39 is 0 Å². The van der Waals surface area contributed by atoms with Gasteiger partial charge in [0, 0.05) is 19.1 Å². The van der Waals surface area contributed by atoms with Gasteiger partial charge in [-0.2, -0.15) is 0 Å². The van der Waals surface area contributed by atoms with Crippen LogP contribution >= 0.6 is 11.3 Å². The van der Waals surface area contributed by atoms with Gasteiger partial charge in [-0.25, -0.2) is 4.98 Å². The van der Waals surface area contributed by atoms with Crippen LogP contribution in [-0.4, -0.2) is 29.2 Å². The quantitative estimate of drug-likeness (QED) is 0.676. The number of nitro benzene ring substituents is 1. The minimum absolute atomic E-state index is 0.0701. The van der Waals surface area contributed by atoms with Crippen molar-refractivity contribution in [2.24, 2.45) is 5.92 Å². The van der Waals surface area contributed by atoms with Gasteiger partial charge in [-0.3, -0.25) is 10.1 Å². The molecule has 0 radical (unpaired) electrons. The van der Waals surface area contributed by atoms with Gasteiger partial charge in [0.05, 0.1) is 21.2 Å². The zero-order chi connectivity index (χ0) is 14.8. The maximum Gasteiger partial charge on any atom is 0.319 e. The highest BCUT2D eigenvalue weighted by Crippen LogP contribution is 2.35. The second-order valence-electron chi connectivity index (χ2n) is 5.17. The molecular weight excluding hydrogens is 290 g/mol. The Labute approximate surface area is 126 Å². The molecule has 2 aromatic rings. The molecule has 0 bridgehead atoms. The van der Waals surface area contributed by atoms with E-state index in [1.165, 1.54) is 11.3 Å². The van der Waals surface area contributed by atoms with Crippen molar-refractivity contribution >= 4 is 32.9 Å². The molecule has 2 unspecified atom stereocenters. The maximum absolute atomic E-state index is 11.4. The van der Waals surface area contributed by atoms with Gasteiger partial charge < -0.3 is 10.1 Å². The Morgan fingerprint density at radius 2 is 2.43 bits per heavy atom. The van der Waals surface area contributed by atoms with Crippen molar-refractivity contribution in [3.8, 4) is 0 Å². The fraction of sp³-hybridized carbons (Fsp3) is 0.500. The Balaban J connectivity index is 1.83. The molecule has 1 N–H and O–H groups in total. The molecule has 6 nitrogen and oxygen atoms in total. The standard InChI is InChI=1S/C14H17N3O3S/c1-2-11-9(5-6-20-11)7-15-10-3-4-12-13(16-8-21-12)14(10)17(18)19/h3-4,8-9,11,15H,2,5-7H2,1H3. The van der Waals surface area contributed by atoms with Gasteiger partial charge in [-0.15, -0.1) is 11.3 Å². The van der Waals surface area contributed by atoms with Crippen molar-refractivity contribution in [2.45, 2.75) is 25.9 Å². The van der Waals surface area contributed by atoms with E-state index in [0.717, 1.165) is 24.1 Å². The molecule has 1 saturated heterocycles. The zero-order valence-corrected chi connectivity index (χ0v) is 12.6. The Bertz CT molecular complexity index is 658.